The summed E-state index contributed by atoms with van der Waals surface area (Å²) in [6, 6.07) is 10.9. The topological polar surface area (TPSA) is 34.1 Å². The Kier molecular flexibility index (Phi) is 5.01. The molecule has 0 saturated heterocycles. The van der Waals surface area contributed by atoms with Crippen LogP contribution in [-0.2, 0) is 24.1 Å². The van der Waals surface area contributed by atoms with Crippen molar-refractivity contribution in [1.82, 2.24) is 10.3 Å². The summed E-state index contributed by atoms with van der Waals surface area (Å²) in [7, 11) is 1.73. The van der Waals surface area contributed by atoms with Gasteiger partial charge >= 0.3 is 0 Å². The maximum Gasteiger partial charge on any atom is 0.107 e. The lowest BCUT2D eigenvalue weighted by Gasteiger charge is -2.21. The van der Waals surface area contributed by atoms with Gasteiger partial charge < -0.3 is 10.1 Å². The summed E-state index contributed by atoms with van der Waals surface area (Å²) in [5.74, 6) is 0.661. The third-order valence-corrected chi connectivity index (χ3v) is 5.13. The van der Waals surface area contributed by atoms with Crippen molar-refractivity contribution < 1.29 is 4.74 Å². The van der Waals surface area contributed by atoms with E-state index < -0.39 is 0 Å². The molecule has 3 nitrogen and oxygen atoms in total. The molecule has 1 unspecified atom stereocenters. The number of aromatic nitrogens is 1. The van der Waals surface area contributed by atoms with E-state index >= 15 is 0 Å². The van der Waals surface area contributed by atoms with E-state index in [1.54, 1.807) is 7.11 Å². The lowest BCUT2D eigenvalue weighted by Crippen LogP contribution is -2.18. The number of nitrogens with zero attached hydrogens (tertiary/aromatic N) is 1. The monoisotopic (exact) mass is 302 g/mol. The Balaban J connectivity index is 1.62. The minimum Gasteiger partial charge on any atom is -0.383 e. The van der Waals surface area contributed by atoms with Gasteiger partial charge in [0.2, 0.25) is 0 Å². The van der Waals surface area contributed by atoms with E-state index in [0.29, 0.717) is 5.92 Å². The van der Waals surface area contributed by atoms with E-state index in [1.165, 1.54) is 27.6 Å². The molecule has 21 heavy (non-hydrogen) atoms. The van der Waals surface area contributed by atoms with Crippen LogP contribution in [0.2, 0.25) is 0 Å². The fraction of sp³-hybridized carbons (Fsp3) is 0.471. The highest BCUT2D eigenvalue weighted by Gasteiger charge is 2.23. The van der Waals surface area contributed by atoms with Crippen LogP contribution in [-0.4, -0.2) is 25.2 Å². The molecule has 112 valence electrons. The van der Waals surface area contributed by atoms with Crippen LogP contribution in [0.4, 0.5) is 0 Å². The summed E-state index contributed by atoms with van der Waals surface area (Å²) < 4.78 is 5.04. The van der Waals surface area contributed by atoms with Crippen molar-refractivity contribution in [2.24, 2.45) is 0 Å². The van der Waals surface area contributed by atoms with Crippen LogP contribution in [0.1, 0.15) is 33.5 Å². The van der Waals surface area contributed by atoms with Gasteiger partial charge in [0.1, 0.15) is 5.01 Å². The molecule has 0 saturated carbocycles. The van der Waals surface area contributed by atoms with Gasteiger partial charge in [-0.25, -0.2) is 4.98 Å². The van der Waals surface area contributed by atoms with Gasteiger partial charge in [0.25, 0.3) is 0 Å². The van der Waals surface area contributed by atoms with Crippen LogP contribution in [0.5, 0.6) is 0 Å². The van der Waals surface area contributed by atoms with Crippen LogP contribution in [0, 0.1) is 0 Å². The summed E-state index contributed by atoms with van der Waals surface area (Å²) in [5, 5.41) is 4.59. The Bertz CT molecular complexity index is 567. The van der Waals surface area contributed by atoms with Gasteiger partial charge in [-0.1, -0.05) is 30.3 Å². The molecule has 0 amide bonds. The number of fused-ring (bicyclic) bond motifs is 1. The SMILES string of the molecule is COCCNCc1nc2c(s1)CC(c1ccccc1)CC2. The van der Waals surface area contributed by atoms with Gasteiger partial charge in [0.05, 0.1) is 12.3 Å². The third-order valence-electron chi connectivity index (χ3n) is 4.01. The third kappa shape index (κ3) is 3.70. The Morgan fingerprint density at radius 3 is 3.00 bits per heavy atom. The highest BCUT2D eigenvalue weighted by Crippen LogP contribution is 2.35. The van der Waals surface area contributed by atoms with Crippen molar-refractivity contribution in [1.29, 1.82) is 0 Å². The number of hydrogen-bond donors (Lipinski definition) is 1. The van der Waals surface area contributed by atoms with Gasteiger partial charge in [0.15, 0.2) is 0 Å². The molecule has 1 aliphatic rings. The Morgan fingerprint density at radius 2 is 2.19 bits per heavy atom. The Labute approximate surface area is 130 Å². The number of hydrogen-bond acceptors (Lipinski definition) is 4. The molecular weight excluding hydrogens is 280 g/mol. The minimum atomic E-state index is 0.661. The molecule has 1 N–H and O–H groups in total. The number of methoxy groups -OCH3 is 1. The quantitative estimate of drug-likeness (QED) is 0.832. The molecule has 3 rings (SSSR count). The average Bonchev–Trinajstić information content (AvgIpc) is 2.94. The van der Waals surface area contributed by atoms with Crippen molar-refractivity contribution in [3.63, 3.8) is 0 Å². The zero-order chi connectivity index (χ0) is 14.5. The number of thiazole rings is 1. The maximum atomic E-state index is 5.04. The highest BCUT2D eigenvalue weighted by molar-refractivity contribution is 7.11. The molecule has 0 spiro atoms. The van der Waals surface area contributed by atoms with E-state index in [1.807, 2.05) is 11.3 Å². The second-order valence-corrected chi connectivity index (χ2v) is 6.67. The average molecular weight is 302 g/mol. The van der Waals surface area contributed by atoms with Gasteiger partial charge in [-0.3, -0.25) is 0 Å². The van der Waals surface area contributed by atoms with E-state index in [4.69, 9.17) is 9.72 Å². The van der Waals surface area contributed by atoms with E-state index in [2.05, 4.69) is 35.6 Å². The molecule has 0 bridgehead atoms. The predicted molar refractivity (Wildman–Crippen MR) is 86.9 cm³/mol. The van der Waals surface area contributed by atoms with Crippen molar-refractivity contribution >= 4 is 11.3 Å². The smallest absolute Gasteiger partial charge is 0.107 e. The number of aryl methyl sites for hydroxylation is 1. The van der Waals surface area contributed by atoms with Gasteiger partial charge in [-0.05, 0) is 30.7 Å². The van der Waals surface area contributed by atoms with Crippen LogP contribution in [0.3, 0.4) is 0 Å². The zero-order valence-corrected chi connectivity index (χ0v) is 13.3. The molecular formula is C17H22N2OS. The number of nitrogens with one attached hydrogen (secondary N) is 1. The van der Waals surface area contributed by atoms with E-state index in [9.17, 15) is 0 Å². The normalized spacial score (nSPS) is 17.7. The molecule has 1 aliphatic carbocycles. The summed E-state index contributed by atoms with van der Waals surface area (Å²) in [6.07, 6.45) is 3.48. The first-order chi connectivity index (χ1) is 10.4. The fourth-order valence-electron chi connectivity index (χ4n) is 2.88. The lowest BCUT2D eigenvalue weighted by atomic mass is 9.85. The molecule has 2 aromatic rings. The van der Waals surface area contributed by atoms with Crippen molar-refractivity contribution in [3.8, 4) is 0 Å². The second kappa shape index (κ2) is 7.16. The van der Waals surface area contributed by atoms with Crippen LogP contribution in [0.15, 0.2) is 30.3 Å². The largest absolute Gasteiger partial charge is 0.383 e. The zero-order valence-electron chi connectivity index (χ0n) is 12.5. The summed E-state index contributed by atoms with van der Waals surface area (Å²) in [4.78, 5) is 6.28. The fourth-order valence-corrected chi connectivity index (χ4v) is 4.05. The van der Waals surface area contributed by atoms with Gasteiger partial charge in [-0.15, -0.1) is 11.3 Å². The summed E-state index contributed by atoms with van der Waals surface area (Å²) >= 11 is 1.88. The number of ether oxygens (including phenoxy) is 1. The Morgan fingerprint density at radius 1 is 1.33 bits per heavy atom. The molecule has 1 atom stereocenters. The first-order valence-corrected chi connectivity index (χ1v) is 8.40. The van der Waals surface area contributed by atoms with Crippen LogP contribution in [0.25, 0.3) is 0 Å². The molecule has 1 heterocycles. The van der Waals surface area contributed by atoms with E-state index in [-0.39, 0.29) is 0 Å². The first kappa shape index (κ1) is 14.7. The minimum absolute atomic E-state index is 0.661. The first-order valence-electron chi connectivity index (χ1n) is 7.59. The molecule has 1 aromatic carbocycles. The summed E-state index contributed by atoms with van der Waals surface area (Å²) in [6.45, 7) is 2.49. The van der Waals surface area contributed by atoms with Gasteiger partial charge in [0, 0.05) is 25.1 Å². The number of benzene rings is 1. The van der Waals surface area contributed by atoms with Crippen LogP contribution >= 0.6 is 11.3 Å². The summed E-state index contributed by atoms with van der Waals surface area (Å²) in [5.41, 5.74) is 2.80. The van der Waals surface area contributed by atoms with Crippen molar-refractivity contribution in [2.45, 2.75) is 31.7 Å². The Hall–Kier alpha value is -1.23. The maximum absolute atomic E-state index is 5.04. The molecule has 1 aromatic heterocycles. The van der Waals surface area contributed by atoms with Gasteiger partial charge in [-0.2, -0.15) is 0 Å². The second-order valence-electron chi connectivity index (χ2n) is 5.50. The predicted octanol–water partition coefficient (Wildman–Crippen LogP) is 3.15. The lowest BCUT2D eigenvalue weighted by molar-refractivity contribution is 0.199. The van der Waals surface area contributed by atoms with E-state index in [0.717, 1.165) is 32.5 Å². The standard InChI is InChI=1S/C17H22N2OS/c1-20-10-9-18-12-17-19-15-8-7-14(11-16(15)21-17)13-5-3-2-4-6-13/h2-6,14,18H,7-12H2,1H3. The van der Waals surface area contributed by atoms with Crippen molar-refractivity contribution in [3.05, 3.63) is 51.5 Å². The van der Waals surface area contributed by atoms with Crippen LogP contribution < -0.4 is 5.32 Å². The van der Waals surface area contributed by atoms with Crippen molar-refractivity contribution in [2.75, 3.05) is 20.3 Å². The molecule has 0 aliphatic heterocycles. The molecule has 0 fully saturated rings. The molecule has 4 heteroatoms. The highest BCUT2D eigenvalue weighted by atomic mass is 32.1. The molecule has 0 radical (unpaired) electrons. The number of rotatable bonds is 6.